The van der Waals surface area contributed by atoms with Gasteiger partial charge in [-0.1, -0.05) is 0 Å². The molecule has 76 valence electrons. The monoisotopic (exact) mass is 290 g/mol. The first-order valence-electron chi connectivity index (χ1n) is 2.89. The second-order valence-electron chi connectivity index (χ2n) is 1.92. The maximum atomic E-state index is 10.9. The number of halogens is 3. The molecule has 0 spiro atoms. The number of aromatic amines is 1. The summed E-state index contributed by atoms with van der Waals surface area (Å²) in [5.74, 6) is 0.0821. The number of H-pyrrole nitrogens is 1. The third-order valence-corrected chi connectivity index (χ3v) is 1.96. The maximum absolute atomic E-state index is 10.9. The summed E-state index contributed by atoms with van der Waals surface area (Å²) in [6.45, 7) is 0.189. The van der Waals surface area contributed by atoms with E-state index in [1.165, 1.54) is 0 Å². The predicted octanol–water partition coefficient (Wildman–Crippen LogP) is 0.417. The van der Waals surface area contributed by atoms with Crippen molar-refractivity contribution in [3.05, 3.63) is 20.5 Å². The molecule has 0 bridgehead atoms. The molecule has 0 aromatic carbocycles. The third-order valence-electron chi connectivity index (χ3n) is 1.14. The van der Waals surface area contributed by atoms with Gasteiger partial charge < -0.3 is 11.5 Å². The molecule has 0 aliphatic carbocycles. The lowest BCUT2D eigenvalue weighted by molar-refractivity contribution is 0.944. The molecular formula is C5H9BrCl2N4O. The lowest BCUT2D eigenvalue weighted by atomic mass is 10.4. The van der Waals surface area contributed by atoms with Crippen LogP contribution in [0.5, 0.6) is 0 Å². The predicted molar refractivity (Wildman–Crippen MR) is 59.4 cm³/mol. The van der Waals surface area contributed by atoms with Crippen LogP contribution in [0.15, 0.2) is 9.27 Å². The number of hydrogen-bond donors (Lipinski definition) is 3. The van der Waals surface area contributed by atoms with Crippen molar-refractivity contribution in [2.45, 2.75) is 6.54 Å². The Kier molecular flexibility index (Phi) is 7.24. The van der Waals surface area contributed by atoms with Crippen molar-refractivity contribution in [1.29, 1.82) is 0 Å². The van der Waals surface area contributed by atoms with Crippen molar-refractivity contribution in [2.24, 2.45) is 5.73 Å². The summed E-state index contributed by atoms with van der Waals surface area (Å²) in [6.07, 6.45) is 0. The van der Waals surface area contributed by atoms with Gasteiger partial charge in [0.1, 0.15) is 4.47 Å². The smallest absolute Gasteiger partial charge is 0.266 e. The molecule has 0 unspecified atom stereocenters. The van der Waals surface area contributed by atoms with Crippen molar-refractivity contribution < 1.29 is 0 Å². The number of nitrogen functional groups attached to an aromatic ring is 1. The number of anilines is 1. The third kappa shape index (κ3) is 3.51. The SMILES string of the molecule is Cl.Cl.NCc1nc(N)[nH]c(=O)c1Br. The van der Waals surface area contributed by atoms with Gasteiger partial charge >= 0.3 is 0 Å². The minimum absolute atomic E-state index is 0. The summed E-state index contributed by atoms with van der Waals surface area (Å²) in [5.41, 5.74) is 10.7. The van der Waals surface area contributed by atoms with Crippen LogP contribution in [0.25, 0.3) is 0 Å². The van der Waals surface area contributed by atoms with Crippen LogP contribution in [0.2, 0.25) is 0 Å². The van der Waals surface area contributed by atoms with Crippen LogP contribution in [-0.2, 0) is 6.54 Å². The zero-order valence-electron chi connectivity index (χ0n) is 6.41. The van der Waals surface area contributed by atoms with Crippen LogP contribution in [0.1, 0.15) is 5.69 Å². The van der Waals surface area contributed by atoms with Gasteiger partial charge in [0.2, 0.25) is 5.95 Å². The van der Waals surface area contributed by atoms with Gasteiger partial charge in [-0.15, -0.1) is 24.8 Å². The van der Waals surface area contributed by atoms with Crippen LogP contribution >= 0.6 is 40.7 Å². The molecule has 1 aromatic heterocycles. The number of rotatable bonds is 1. The summed E-state index contributed by atoms with van der Waals surface area (Å²) >= 11 is 3.03. The molecule has 0 fully saturated rings. The van der Waals surface area contributed by atoms with Gasteiger partial charge in [-0.25, -0.2) is 4.98 Å². The number of hydrogen-bond acceptors (Lipinski definition) is 4. The van der Waals surface area contributed by atoms with Gasteiger partial charge in [0.15, 0.2) is 0 Å². The van der Waals surface area contributed by atoms with E-state index in [4.69, 9.17) is 11.5 Å². The standard InChI is InChI=1S/C5H7BrN4O.2ClH/c6-3-2(1-7)9-5(8)10-4(3)11;;/h1,7H2,(H3,8,9,10,11);2*1H. The zero-order chi connectivity index (χ0) is 8.43. The van der Waals surface area contributed by atoms with Crippen LogP contribution in [-0.4, -0.2) is 9.97 Å². The Labute approximate surface area is 95.3 Å². The van der Waals surface area contributed by atoms with Crippen LogP contribution < -0.4 is 17.0 Å². The van der Waals surface area contributed by atoms with E-state index in [0.29, 0.717) is 10.2 Å². The Bertz CT molecular complexity index is 329. The van der Waals surface area contributed by atoms with Crippen LogP contribution in [0, 0.1) is 0 Å². The van der Waals surface area contributed by atoms with E-state index in [9.17, 15) is 4.79 Å². The minimum atomic E-state index is -0.307. The van der Waals surface area contributed by atoms with E-state index in [-0.39, 0.29) is 42.9 Å². The summed E-state index contributed by atoms with van der Waals surface area (Å²) in [6, 6.07) is 0. The van der Waals surface area contributed by atoms with Gasteiger partial charge in [0.25, 0.3) is 5.56 Å². The Balaban J connectivity index is 0. The molecule has 0 radical (unpaired) electrons. The summed E-state index contributed by atoms with van der Waals surface area (Å²) in [5, 5.41) is 0. The van der Waals surface area contributed by atoms with Gasteiger partial charge in [-0.2, -0.15) is 0 Å². The lowest BCUT2D eigenvalue weighted by Crippen LogP contribution is -2.16. The fraction of sp³-hybridized carbons (Fsp3) is 0.200. The Morgan fingerprint density at radius 1 is 1.46 bits per heavy atom. The molecule has 0 atom stereocenters. The highest BCUT2D eigenvalue weighted by Crippen LogP contribution is 2.07. The van der Waals surface area contributed by atoms with E-state index in [1.807, 2.05) is 0 Å². The maximum Gasteiger partial charge on any atom is 0.266 e. The van der Waals surface area contributed by atoms with Gasteiger partial charge in [0.05, 0.1) is 5.69 Å². The van der Waals surface area contributed by atoms with Gasteiger partial charge in [-0.3, -0.25) is 9.78 Å². The molecule has 0 amide bonds. The first-order chi connectivity index (χ1) is 5.15. The highest BCUT2D eigenvalue weighted by atomic mass is 79.9. The minimum Gasteiger partial charge on any atom is -0.369 e. The summed E-state index contributed by atoms with van der Waals surface area (Å²) < 4.78 is 0.342. The molecule has 1 rings (SSSR count). The molecule has 5 nitrogen and oxygen atoms in total. The average molecular weight is 292 g/mol. The largest absolute Gasteiger partial charge is 0.369 e. The van der Waals surface area contributed by atoms with E-state index in [0.717, 1.165) is 0 Å². The fourth-order valence-corrected chi connectivity index (χ4v) is 1.01. The van der Waals surface area contributed by atoms with Crippen molar-refractivity contribution in [2.75, 3.05) is 5.73 Å². The number of nitrogens with one attached hydrogen (secondary N) is 1. The molecule has 0 saturated heterocycles. The number of nitrogens with two attached hydrogens (primary N) is 2. The zero-order valence-corrected chi connectivity index (χ0v) is 9.63. The summed E-state index contributed by atoms with van der Waals surface area (Å²) in [7, 11) is 0. The highest BCUT2D eigenvalue weighted by molar-refractivity contribution is 9.10. The molecule has 0 aliphatic rings. The van der Waals surface area contributed by atoms with E-state index in [1.54, 1.807) is 0 Å². The van der Waals surface area contributed by atoms with Gasteiger partial charge in [0, 0.05) is 6.54 Å². The normalized spacial score (nSPS) is 8.46. The van der Waals surface area contributed by atoms with Crippen LogP contribution in [0.3, 0.4) is 0 Å². The molecule has 1 heterocycles. The van der Waals surface area contributed by atoms with E-state index < -0.39 is 0 Å². The molecule has 13 heavy (non-hydrogen) atoms. The topological polar surface area (TPSA) is 97.8 Å². The van der Waals surface area contributed by atoms with E-state index >= 15 is 0 Å². The van der Waals surface area contributed by atoms with Gasteiger partial charge in [-0.05, 0) is 15.9 Å². The molecule has 1 aromatic rings. The molecule has 0 saturated carbocycles. The van der Waals surface area contributed by atoms with E-state index in [2.05, 4.69) is 25.9 Å². The lowest BCUT2D eigenvalue weighted by Gasteiger charge is -1.99. The molecule has 8 heteroatoms. The first-order valence-corrected chi connectivity index (χ1v) is 3.68. The average Bonchev–Trinajstić information content (AvgIpc) is 1.96. The van der Waals surface area contributed by atoms with Crippen molar-refractivity contribution >= 4 is 46.7 Å². The first kappa shape index (κ1) is 15.2. The molecule has 5 N–H and O–H groups in total. The van der Waals surface area contributed by atoms with Crippen molar-refractivity contribution in [3.8, 4) is 0 Å². The fourth-order valence-electron chi connectivity index (χ4n) is 0.660. The molecule has 0 aliphatic heterocycles. The number of nitrogens with zero attached hydrogens (tertiary/aromatic N) is 1. The summed E-state index contributed by atoms with van der Waals surface area (Å²) in [4.78, 5) is 17.1. The van der Waals surface area contributed by atoms with Crippen LogP contribution in [0.4, 0.5) is 5.95 Å². The second kappa shape index (κ2) is 6.20. The van der Waals surface area contributed by atoms with Crippen molar-refractivity contribution in [1.82, 2.24) is 9.97 Å². The second-order valence-corrected chi connectivity index (χ2v) is 2.71. The Morgan fingerprint density at radius 2 is 2.00 bits per heavy atom. The Hall–Kier alpha value is -0.300. The molecular weight excluding hydrogens is 283 g/mol. The highest BCUT2D eigenvalue weighted by Gasteiger charge is 2.04. The van der Waals surface area contributed by atoms with Crippen molar-refractivity contribution in [3.63, 3.8) is 0 Å². The Morgan fingerprint density at radius 3 is 2.46 bits per heavy atom. The number of aromatic nitrogens is 2. The quantitative estimate of drug-likeness (QED) is 0.698.